The molecule has 5 rings (SSSR count). The van der Waals surface area contributed by atoms with E-state index < -0.39 is 0 Å². The predicted octanol–water partition coefficient (Wildman–Crippen LogP) is 6.73. The molecule has 1 aliphatic heterocycles. The molecular weight excluding hydrogens is 493 g/mol. The molecular formula is C28H23ClFN5S. The van der Waals surface area contributed by atoms with Crippen LogP contribution in [-0.4, -0.2) is 9.97 Å². The van der Waals surface area contributed by atoms with Crippen LogP contribution in [0.15, 0.2) is 97.2 Å². The van der Waals surface area contributed by atoms with E-state index in [0.29, 0.717) is 22.3 Å². The van der Waals surface area contributed by atoms with Crippen molar-refractivity contribution in [2.24, 2.45) is 0 Å². The van der Waals surface area contributed by atoms with Gasteiger partial charge in [-0.15, -0.1) is 0 Å². The second-order valence-corrected chi connectivity index (χ2v) is 8.91. The second-order valence-electron chi connectivity index (χ2n) is 8.10. The van der Waals surface area contributed by atoms with Crippen molar-refractivity contribution in [1.82, 2.24) is 20.6 Å². The molecule has 4 aromatic rings. The Balaban J connectivity index is 0.000000179. The number of benzene rings is 3. The fourth-order valence-electron chi connectivity index (χ4n) is 3.78. The molecule has 0 saturated heterocycles. The van der Waals surface area contributed by atoms with Gasteiger partial charge in [-0.2, -0.15) is 5.26 Å². The van der Waals surface area contributed by atoms with Gasteiger partial charge in [-0.05, 0) is 52.7 Å². The van der Waals surface area contributed by atoms with Gasteiger partial charge in [-0.25, -0.2) is 4.39 Å². The zero-order chi connectivity index (χ0) is 25.5. The van der Waals surface area contributed by atoms with E-state index in [1.54, 1.807) is 18.3 Å². The van der Waals surface area contributed by atoms with Crippen molar-refractivity contribution in [1.29, 1.82) is 5.26 Å². The molecule has 0 saturated carbocycles. The number of hydrogen-bond acceptors (Lipinski definition) is 4. The van der Waals surface area contributed by atoms with Crippen molar-refractivity contribution in [2.45, 2.75) is 12.8 Å². The highest BCUT2D eigenvalue weighted by Gasteiger charge is 2.11. The third-order valence-corrected chi connectivity index (χ3v) is 6.03. The van der Waals surface area contributed by atoms with Crippen LogP contribution < -0.4 is 10.6 Å². The minimum atomic E-state index is -0.375. The lowest BCUT2D eigenvalue weighted by Gasteiger charge is -2.11. The Morgan fingerprint density at radius 1 is 0.972 bits per heavy atom. The van der Waals surface area contributed by atoms with Gasteiger partial charge in [-0.1, -0.05) is 66.7 Å². The van der Waals surface area contributed by atoms with Crippen LogP contribution in [0.2, 0.25) is 5.02 Å². The van der Waals surface area contributed by atoms with E-state index in [4.69, 9.17) is 29.1 Å². The summed E-state index contributed by atoms with van der Waals surface area (Å²) in [5.74, 6) is 0.431. The van der Waals surface area contributed by atoms with Crippen molar-refractivity contribution in [3.8, 4) is 17.2 Å². The summed E-state index contributed by atoms with van der Waals surface area (Å²) in [6.07, 6.45) is 4.92. The molecule has 4 N–H and O–H groups in total. The van der Waals surface area contributed by atoms with Gasteiger partial charge < -0.3 is 20.6 Å². The predicted molar refractivity (Wildman–Crippen MR) is 144 cm³/mol. The number of imidazole rings is 1. The molecule has 3 aromatic carbocycles. The molecule has 0 amide bonds. The van der Waals surface area contributed by atoms with E-state index in [-0.39, 0.29) is 10.8 Å². The van der Waals surface area contributed by atoms with Crippen molar-refractivity contribution in [3.63, 3.8) is 0 Å². The first kappa shape index (κ1) is 25.0. The van der Waals surface area contributed by atoms with Gasteiger partial charge in [0.15, 0.2) is 4.77 Å². The van der Waals surface area contributed by atoms with Gasteiger partial charge in [0.25, 0.3) is 0 Å². The Morgan fingerprint density at radius 2 is 1.72 bits per heavy atom. The first-order valence-corrected chi connectivity index (χ1v) is 11.9. The minimum absolute atomic E-state index is 0.140. The van der Waals surface area contributed by atoms with Crippen molar-refractivity contribution < 1.29 is 4.39 Å². The van der Waals surface area contributed by atoms with Gasteiger partial charge in [0.05, 0.1) is 22.5 Å². The van der Waals surface area contributed by atoms with E-state index >= 15 is 0 Å². The highest BCUT2D eigenvalue weighted by Crippen LogP contribution is 2.26. The molecule has 2 heterocycles. The highest BCUT2D eigenvalue weighted by atomic mass is 35.5. The smallest absolute Gasteiger partial charge is 0.174 e. The normalized spacial score (nSPS) is 12.0. The lowest BCUT2D eigenvalue weighted by Crippen LogP contribution is -2.11. The molecule has 0 radical (unpaired) electrons. The van der Waals surface area contributed by atoms with Gasteiger partial charge in [0.2, 0.25) is 0 Å². The van der Waals surface area contributed by atoms with Crippen LogP contribution >= 0.6 is 23.8 Å². The summed E-state index contributed by atoms with van der Waals surface area (Å²) in [5.41, 5.74) is 6.70. The van der Waals surface area contributed by atoms with Gasteiger partial charge in [0.1, 0.15) is 5.82 Å². The molecule has 0 aliphatic carbocycles. The molecule has 180 valence electrons. The number of aromatic nitrogens is 2. The standard InChI is InChI=1S/C18H15N3.C10H8ClFN2S/c1-13-20-12-17(21-13)10-16-4-2-3-5-18(16)15-8-6-14(11-19)7-9-15;11-8-3-1-2-6(9(8)12)4-7-5-13-10(15)14-7/h2-9,12,20-21H,1,10H2;1-3,5H,4H2,(H2,13,14,15). The summed E-state index contributed by atoms with van der Waals surface area (Å²) in [7, 11) is 0. The molecule has 8 heteroatoms. The summed E-state index contributed by atoms with van der Waals surface area (Å²) in [5, 5.41) is 15.3. The molecule has 5 nitrogen and oxygen atoms in total. The average Bonchev–Trinajstić information content (AvgIpc) is 3.50. The molecule has 1 aliphatic rings. The number of hydrogen-bond donors (Lipinski definition) is 4. The number of H-pyrrole nitrogens is 2. The molecule has 1 aromatic heterocycles. The Kier molecular flexibility index (Phi) is 8.01. The third kappa shape index (κ3) is 6.30. The molecule has 36 heavy (non-hydrogen) atoms. The van der Waals surface area contributed by atoms with Crippen molar-refractivity contribution in [3.05, 3.63) is 135 Å². The van der Waals surface area contributed by atoms with Crippen molar-refractivity contribution in [2.75, 3.05) is 0 Å². The lowest BCUT2D eigenvalue weighted by molar-refractivity contribution is 0.614. The van der Waals surface area contributed by atoms with E-state index in [1.807, 2.05) is 42.6 Å². The molecule has 0 atom stereocenters. The molecule has 0 unspecified atom stereocenters. The molecule has 0 bridgehead atoms. The maximum atomic E-state index is 13.5. The fourth-order valence-corrected chi connectivity index (χ4v) is 4.16. The largest absolute Gasteiger partial charge is 0.347 e. The Morgan fingerprint density at radius 3 is 2.39 bits per heavy atom. The zero-order valence-corrected chi connectivity index (χ0v) is 20.8. The highest BCUT2D eigenvalue weighted by molar-refractivity contribution is 7.71. The number of aromatic amines is 2. The fraction of sp³-hybridized carbons (Fsp3) is 0.0714. The van der Waals surface area contributed by atoms with Crippen LogP contribution in [0.5, 0.6) is 0 Å². The number of nitriles is 1. The monoisotopic (exact) mass is 515 g/mol. The first-order chi connectivity index (χ1) is 17.4. The van der Waals surface area contributed by atoms with Crippen LogP contribution in [0.1, 0.15) is 22.4 Å². The summed E-state index contributed by atoms with van der Waals surface area (Å²) in [4.78, 5) is 5.75. The lowest BCUT2D eigenvalue weighted by atomic mass is 9.96. The van der Waals surface area contributed by atoms with E-state index in [9.17, 15) is 4.39 Å². The maximum absolute atomic E-state index is 13.5. The number of nitrogens with zero attached hydrogens (tertiary/aromatic N) is 1. The zero-order valence-electron chi connectivity index (χ0n) is 19.2. The summed E-state index contributed by atoms with van der Waals surface area (Å²) in [6, 6.07) is 23.1. The molecule has 0 fully saturated rings. The Hall–Kier alpha value is -4.12. The summed E-state index contributed by atoms with van der Waals surface area (Å²) < 4.78 is 14.0. The first-order valence-electron chi connectivity index (χ1n) is 11.1. The van der Waals surface area contributed by atoms with E-state index in [1.165, 1.54) is 17.2 Å². The number of halogens is 2. The number of allylic oxidation sites excluding steroid dienone is 1. The topological polar surface area (TPSA) is 79.4 Å². The SMILES string of the molecule is C=C1NC=C(Cc2ccccc2-c2ccc(C#N)cc2)N1.Fc1c(Cl)cccc1Cc1c[nH]c(=S)[nH]1. The second kappa shape index (κ2) is 11.5. The maximum Gasteiger partial charge on any atom is 0.174 e. The van der Waals surface area contributed by atoms with Gasteiger partial charge in [-0.3, -0.25) is 0 Å². The Bertz CT molecular complexity index is 1510. The van der Waals surface area contributed by atoms with Crippen LogP contribution in [-0.2, 0) is 12.8 Å². The van der Waals surface area contributed by atoms with Gasteiger partial charge >= 0.3 is 0 Å². The van der Waals surface area contributed by atoms with Crippen LogP contribution in [0.3, 0.4) is 0 Å². The van der Waals surface area contributed by atoms with Gasteiger partial charge in [0, 0.05) is 36.6 Å². The summed E-state index contributed by atoms with van der Waals surface area (Å²) in [6.45, 7) is 3.84. The van der Waals surface area contributed by atoms with Crippen LogP contribution in [0, 0.1) is 21.9 Å². The van der Waals surface area contributed by atoms with E-state index in [2.05, 4.69) is 45.4 Å². The summed E-state index contributed by atoms with van der Waals surface area (Å²) >= 11 is 10.5. The van der Waals surface area contributed by atoms with Crippen molar-refractivity contribution >= 4 is 23.8 Å². The third-order valence-electron chi connectivity index (χ3n) is 5.52. The van der Waals surface area contributed by atoms with E-state index in [0.717, 1.165) is 29.2 Å². The number of nitrogens with one attached hydrogen (secondary N) is 4. The quantitative estimate of drug-likeness (QED) is 0.222. The number of rotatable bonds is 5. The Labute approximate surface area is 219 Å². The average molecular weight is 516 g/mol. The minimum Gasteiger partial charge on any atom is -0.347 e. The molecule has 0 spiro atoms. The van der Waals surface area contributed by atoms with Crippen LogP contribution in [0.25, 0.3) is 11.1 Å². The van der Waals surface area contributed by atoms with Crippen LogP contribution in [0.4, 0.5) is 4.39 Å².